The molecule has 0 atom stereocenters. The maximum atomic E-state index is 10.8. The van der Waals surface area contributed by atoms with Gasteiger partial charge in [0.25, 0.3) is 5.69 Å². The predicted molar refractivity (Wildman–Crippen MR) is 78.4 cm³/mol. The van der Waals surface area contributed by atoms with Crippen molar-refractivity contribution >= 4 is 63.5 Å². The quantitative estimate of drug-likeness (QED) is 0.262. The summed E-state index contributed by atoms with van der Waals surface area (Å²) in [6.45, 7) is 0.0821. The van der Waals surface area contributed by atoms with Crippen LogP contribution in [-0.2, 0) is 0 Å². The minimum absolute atomic E-state index is 0.0821. The number of nitrogens with one attached hydrogen (secondary N) is 2. The Morgan fingerprint density at radius 2 is 1.89 bits per heavy atom. The van der Waals surface area contributed by atoms with Gasteiger partial charge in [0, 0.05) is 17.8 Å². The highest BCUT2D eigenvalue weighted by Crippen LogP contribution is 2.24. The maximum Gasteiger partial charge on any atom is 0.291 e. The molecule has 98 valence electrons. The Bertz CT molecular complexity index is 446. The number of thiocarbonyl (C=S) groups is 1. The summed E-state index contributed by atoms with van der Waals surface area (Å²) in [5, 5.41) is 5.91. The van der Waals surface area contributed by atoms with Crippen LogP contribution in [-0.4, -0.2) is 20.3 Å². The standard InChI is InChI=1S/C9H9Cl3N4OS/c10-9(11,12)5-14-8(18)15-6-1-3-7(4-2-6)16(13)17/h1-4H,5H2,(H3-,13,14,15,17,18)/p+1. The summed E-state index contributed by atoms with van der Waals surface area (Å²) in [6.07, 6.45) is 0. The first-order chi connectivity index (χ1) is 8.28. The molecule has 0 unspecified atom stereocenters. The third-order valence-electron chi connectivity index (χ3n) is 1.83. The van der Waals surface area contributed by atoms with E-state index in [9.17, 15) is 4.91 Å². The zero-order chi connectivity index (χ0) is 13.8. The van der Waals surface area contributed by atoms with Gasteiger partial charge in [0.2, 0.25) is 3.79 Å². The summed E-state index contributed by atoms with van der Waals surface area (Å²) >= 11 is 21.7. The molecule has 0 spiro atoms. The van der Waals surface area contributed by atoms with Gasteiger partial charge in [-0.15, -0.1) is 0 Å². The lowest BCUT2D eigenvalue weighted by molar-refractivity contribution is -0.474. The fourth-order valence-electron chi connectivity index (χ4n) is 1.05. The number of anilines is 1. The molecule has 9 heteroatoms. The van der Waals surface area contributed by atoms with Gasteiger partial charge in [-0.25, -0.2) is 0 Å². The molecule has 0 amide bonds. The molecule has 1 aromatic carbocycles. The second kappa shape index (κ2) is 6.38. The number of halogens is 3. The molecule has 0 bridgehead atoms. The molecule has 18 heavy (non-hydrogen) atoms. The number of hydrazine groups is 1. The second-order valence-corrected chi connectivity index (χ2v) is 6.22. The second-order valence-electron chi connectivity index (χ2n) is 3.30. The van der Waals surface area contributed by atoms with Crippen molar-refractivity contribution in [2.24, 2.45) is 5.84 Å². The number of benzene rings is 1. The lowest BCUT2D eigenvalue weighted by Crippen LogP contribution is -2.35. The molecule has 0 radical (unpaired) electrons. The third-order valence-corrected chi connectivity index (χ3v) is 2.48. The van der Waals surface area contributed by atoms with Crippen molar-refractivity contribution in [1.29, 1.82) is 0 Å². The van der Waals surface area contributed by atoms with Crippen LogP contribution in [0.2, 0.25) is 0 Å². The van der Waals surface area contributed by atoms with Crippen LogP contribution < -0.4 is 16.5 Å². The lowest BCUT2D eigenvalue weighted by atomic mass is 10.3. The summed E-state index contributed by atoms with van der Waals surface area (Å²) in [7, 11) is 0. The van der Waals surface area contributed by atoms with Crippen LogP contribution in [0.1, 0.15) is 0 Å². The molecule has 4 N–H and O–H groups in total. The first-order valence-corrected chi connectivity index (χ1v) is 6.26. The normalized spacial score (nSPS) is 10.8. The van der Waals surface area contributed by atoms with Crippen molar-refractivity contribution < 1.29 is 4.87 Å². The van der Waals surface area contributed by atoms with Gasteiger partial charge in [-0.2, -0.15) is 5.84 Å². The van der Waals surface area contributed by atoms with Crippen LogP contribution in [0.3, 0.4) is 0 Å². The average molecular weight is 329 g/mol. The predicted octanol–water partition coefficient (Wildman–Crippen LogP) is 2.63. The average Bonchev–Trinajstić information content (AvgIpc) is 2.26. The zero-order valence-electron chi connectivity index (χ0n) is 8.99. The molecular weight excluding hydrogens is 319 g/mol. The van der Waals surface area contributed by atoms with Gasteiger partial charge in [-0.05, 0) is 24.4 Å². The molecule has 0 aliphatic heterocycles. The van der Waals surface area contributed by atoms with Gasteiger partial charge in [-0.1, -0.05) is 34.8 Å². The van der Waals surface area contributed by atoms with E-state index in [4.69, 9.17) is 52.9 Å². The Morgan fingerprint density at radius 3 is 2.33 bits per heavy atom. The van der Waals surface area contributed by atoms with Gasteiger partial charge in [-0.3, -0.25) is 0 Å². The van der Waals surface area contributed by atoms with E-state index in [-0.39, 0.29) is 11.4 Å². The van der Waals surface area contributed by atoms with E-state index in [0.29, 0.717) is 16.5 Å². The fraction of sp³-hybridized carbons (Fsp3) is 0.222. The lowest BCUT2D eigenvalue weighted by Gasteiger charge is -2.14. The molecule has 1 rings (SSSR count). The molecule has 0 aromatic heterocycles. The Morgan fingerprint density at radius 1 is 1.33 bits per heavy atom. The third kappa shape index (κ3) is 5.68. The molecule has 1 aromatic rings. The van der Waals surface area contributed by atoms with Gasteiger partial charge < -0.3 is 10.6 Å². The Kier molecular flexibility index (Phi) is 5.40. The van der Waals surface area contributed by atoms with Crippen LogP contribution >= 0.6 is 47.0 Å². The van der Waals surface area contributed by atoms with Gasteiger partial charge >= 0.3 is 0 Å². The van der Waals surface area contributed by atoms with E-state index in [1.165, 1.54) is 0 Å². The van der Waals surface area contributed by atoms with Crippen molar-refractivity contribution in [3.8, 4) is 0 Å². The summed E-state index contributed by atoms with van der Waals surface area (Å²) in [5.74, 6) is 5.04. The van der Waals surface area contributed by atoms with Crippen molar-refractivity contribution in [2.75, 3.05) is 11.9 Å². The number of rotatable bonds is 3. The van der Waals surface area contributed by atoms with Crippen molar-refractivity contribution in [3.05, 3.63) is 29.2 Å². The number of hydrogen-bond donors (Lipinski definition) is 3. The smallest absolute Gasteiger partial charge is 0.291 e. The molecule has 0 fully saturated rings. The minimum atomic E-state index is -1.42. The summed E-state index contributed by atoms with van der Waals surface area (Å²) in [4.78, 5) is 11.1. The maximum absolute atomic E-state index is 10.8. The SMILES string of the molecule is N[N+](=O)c1ccc(NC(=S)NCC(Cl)(Cl)Cl)cc1. The topological polar surface area (TPSA) is 70.2 Å². The van der Waals surface area contributed by atoms with Gasteiger partial charge in [0.15, 0.2) is 9.98 Å². The van der Waals surface area contributed by atoms with Crippen LogP contribution in [0, 0.1) is 4.91 Å². The van der Waals surface area contributed by atoms with Gasteiger partial charge in [0.1, 0.15) is 0 Å². The monoisotopic (exact) mass is 327 g/mol. The van der Waals surface area contributed by atoms with Crippen molar-refractivity contribution in [3.63, 3.8) is 0 Å². The minimum Gasteiger partial charge on any atom is -0.358 e. The van der Waals surface area contributed by atoms with E-state index < -0.39 is 3.79 Å². The molecule has 0 saturated heterocycles. The Balaban J connectivity index is 2.52. The number of hydrogen-bond acceptors (Lipinski definition) is 2. The van der Waals surface area contributed by atoms with E-state index in [2.05, 4.69) is 10.6 Å². The van der Waals surface area contributed by atoms with Crippen molar-refractivity contribution in [1.82, 2.24) is 5.32 Å². The molecule has 0 saturated carbocycles. The highest BCUT2D eigenvalue weighted by atomic mass is 35.6. The number of alkyl halides is 3. The summed E-state index contributed by atoms with van der Waals surface area (Å²) in [6, 6.07) is 6.40. The Hall–Kier alpha value is -0.820. The van der Waals surface area contributed by atoms with Gasteiger partial charge in [0.05, 0.1) is 11.5 Å². The number of nitrogens with two attached hydrogens (primary N) is 1. The van der Waals surface area contributed by atoms with Crippen LogP contribution in [0.5, 0.6) is 0 Å². The first-order valence-electron chi connectivity index (χ1n) is 4.71. The van der Waals surface area contributed by atoms with Crippen LogP contribution in [0.4, 0.5) is 11.4 Å². The van der Waals surface area contributed by atoms with Crippen molar-refractivity contribution in [2.45, 2.75) is 3.79 Å². The van der Waals surface area contributed by atoms with Crippen LogP contribution in [0.15, 0.2) is 24.3 Å². The molecular formula is C9H10Cl3N4OS+. The highest BCUT2D eigenvalue weighted by molar-refractivity contribution is 7.80. The summed E-state index contributed by atoms with van der Waals surface area (Å²) in [5.41, 5.74) is 1.02. The molecule has 0 heterocycles. The molecule has 0 aliphatic rings. The van der Waals surface area contributed by atoms with E-state index in [1.807, 2.05) is 0 Å². The summed E-state index contributed by atoms with van der Waals surface area (Å²) < 4.78 is -1.42. The zero-order valence-corrected chi connectivity index (χ0v) is 12.1. The largest absolute Gasteiger partial charge is 0.358 e. The molecule has 5 nitrogen and oxygen atoms in total. The van der Waals surface area contributed by atoms with Crippen LogP contribution in [0.25, 0.3) is 0 Å². The first kappa shape index (κ1) is 15.2. The number of nitrogens with zero attached hydrogens (tertiary/aromatic N) is 1. The highest BCUT2D eigenvalue weighted by Gasteiger charge is 2.19. The Labute approximate surface area is 124 Å². The van der Waals surface area contributed by atoms with E-state index >= 15 is 0 Å². The van der Waals surface area contributed by atoms with E-state index in [0.717, 1.165) is 0 Å². The van der Waals surface area contributed by atoms with E-state index in [1.54, 1.807) is 24.3 Å². The number of nitroso groups, excluding NO2 is 1. The fourth-order valence-corrected chi connectivity index (χ4v) is 1.44. The molecule has 0 aliphatic carbocycles.